The van der Waals surface area contributed by atoms with Crippen molar-refractivity contribution in [3.05, 3.63) is 0 Å². The number of carbonyl (C=O) groups excluding carboxylic acids is 3. The zero-order valence-electron chi connectivity index (χ0n) is 16.9. The molecular formula is C16H26N4O9S. The molecule has 4 amide bonds. The summed E-state index contributed by atoms with van der Waals surface area (Å²) in [6.07, 6.45) is 0.202. The van der Waals surface area contributed by atoms with E-state index in [0.29, 0.717) is 24.4 Å². The minimum atomic E-state index is -4.85. The van der Waals surface area contributed by atoms with E-state index in [1.54, 1.807) is 20.8 Å². The molecule has 2 N–H and O–H groups in total. The molecule has 0 aromatic carbocycles. The lowest BCUT2D eigenvalue weighted by Crippen LogP contribution is -2.50. The Morgan fingerprint density at radius 1 is 1.17 bits per heavy atom. The lowest BCUT2D eigenvalue weighted by molar-refractivity contribution is -0.143. The number of likely N-dealkylation sites (tertiary alicyclic amines) is 1. The third kappa shape index (κ3) is 5.30. The molecule has 3 saturated heterocycles. The van der Waals surface area contributed by atoms with Crippen LogP contribution in [0.1, 0.15) is 40.0 Å². The lowest BCUT2D eigenvalue weighted by atomic mass is 10.0. The van der Waals surface area contributed by atoms with Crippen molar-refractivity contribution >= 4 is 28.4 Å². The molecule has 2 bridgehead atoms. The van der Waals surface area contributed by atoms with E-state index in [2.05, 4.69) is 9.76 Å². The summed E-state index contributed by atoms with van der Waals surface area (Å²) in [5, 5.41) is 0.569. The minimum Gasteiger partial charge on any atom is -0.444 e. The van der Waals surface area contributed by atoms with Crippen LogP contribution in [-0.2, 0) is 29.1 Å². The first-order chi connectivity index (χ1) is 13.8. The molecule has 3 atom stereocenters. The van der Waals surface area contributed by atoms with Gasteiger partial charge < -0.3 is 14.5 Å². The first-order valence-electron chi connectivity index (χ1n) is 9.54. The Kier molecular flexibility index (Phi) is 6.13. The molecule has 3 rings (SSSR count). The summed E-state index contributed by atoms with van der Waals surface area (Å²) in [4.78, 5) is 45.0. The van der Waals surface area contributed by atoms with Crippen LogP contribution >= 0.6 is 0 Å². The Morgan fingerprint density at radius 2 is 1.87 bits per heavy atom. The number of fused-ring (bicyclic) bond motifs is 2. The van der Waals surface area contributed by atoms with E-state index in [1.807, 2.05) is 0 Å². The molecule has 30 heavy (non-hydrogen) atoms. The molecule has 0 aromatic rings. The topological polar surface area (TPSA) is 155 Å². The number of urea groups is 1. The zero-order valence-corrected chi connectivity index (χ0v) is 17.8. The molecule has 3 aliphatic heterocycles. The maximum atomic E-state index is 12.5. The van der Waals surface area contributed by atoms with Gasteiger partial charge in [0.05, 0.1) is 12.6 Å². The van der Waals surface area contributed by atoms with Crippen molar-refractivity contribution in [1.29, 1.82) is 0 Å². The van der Waals surface area contributed by atoms with Gasteiger partial charge in [-0.05, 0) is 40.0 Å². The van der Waals surface area contributed by atoms with Crippen LogP contribution < -0.4 is 5.48 Å². The summed E-state index contributed by atoms with van der Waals surface area (Å²) in [6, 6.07) is -2.28. The Hall–Kier alpha value is -2.16. The second-order valence-electron chi connectivity index (χ2n) is 8.43. The number of hydrogen-bond donors (Lipinski definition) is 2. The Morgan fingerprint density at radius 3 is 2.50 bits per heavy atom. The number of nitrogens with one attached hydrogen (secondary N) is 1. The molecule has 0 aliphatic carbocycles. The summed E-state index contributed by atoms with van der Waals surface area (Å²) in [5.41, 5.74) is 1.72. The number of ether oxygens (including phenoxy) is 1. The highest BCUT2D eigenvalue weighted by Gasteiger charge is 2.49. The smallest absolute Gasteiger partial charge is 0.418 e. The molecule has 14 heteroatoms. The summed E-state index contributed by atoms with van der Waals surface area (Å²) in [6.45, 7) is 6.07. The van der Waals surface area contributed by atoms with Crippen molar-refractivity contribution in [3.8, 4) is 0 Å². The Labute approximate surface area is 174 Å². The van der Waals surface area contributed by atoms with Crippen molar-refractivity contribution in [3.63, 3.8) is 0 Å². The molecule has 1 unspecified atom stereocenters. The van der Waals surface area contributed by atoms with Crippen LogP contribution in [-0.4, -0.2) is 89.3 Å². The average molecular weight is 450 g/mol. The highest BCUT2D eigenvalue weighted by atomic mass is 32.3. The number of nitrogens with zero attached hydrogens (tertiary/aromatic N) is 3. The molecule has 170 valence electrons. The van der Waals surface area contributed by atoms with Crippen LogP contribution in [0.5, 0.6) is 0 Å². The van der Waals surface area contributed by atoms with Crippen LogP contribution in [0.4, 0.5) is 9.59 Å². The zero-order chi connectivity index (χ0) is 22.3. The van der Waals surface area contributed by atoms with E-state index in [4.69, 9.17) is 14.1 Å². The average Bonchev–Trinajstić information content (AvgIpc) is 3.17. The fourth-order valence-electron chi connectivity index (χ4n) is 3.63. The second-order valence-corrected chi connectivity index (χ2v) is 9.44. The van der Waals surface area contributed by atoms with Gasteiger partial charge in [-0.25, -0.2) is 15.1 Å². The molecule has 0 aromatic heterocycles. The molecule has 3 fully saturated rings. The first-order valence-corrected chi connectivity index (χ1v) is 10.9. The fourth-order valence-corrected chi connectivity index (χ4v) is 4.02. The van der Waals surface area contributed by atoms with Gasteiger partial charge in [-0.1, -0.05) is 0 Å². The Balaban J connectivity index is 1.49. The number of hydrogen-bond acceptors (Lipinski definition) is 8. The predicted octanol–water partition coefficient (Wildman–Crippen LogP) is 0.0466. The van der Waals surface area contributed by atoms with Crippen molar-refractivity contribution in [2.24, 2.45) is 0 Å². The highest BCUT2D eigenvalue weighted by Crippen LogP contribution is 2.30. The van der Waals surface area contributed by atoms with E-state index in [0.717, 1.165) is 0 Å². The van der Waals surface area contributed by atoms with E-state index >= 15 is 0 Å². The molecule has 0 spiro atoms. The standard InChI is InChI=1S/C16H26N4O9S/c1-16(2,3)27-15(23)18-7-6-11(9-18)28-17-13(21)12-5-4-10-8-19(12)14(22)20(10)29-30(24,25)26/h10-12H,4-9H2,1-3H3,(H,17,21)(H,24,25,26)/t10-,11?,12+/m1/s1. The monoisotopic (exact) mass is 450 g/mol. The van der Waals surface area contributed by atoms with Crippen LogP contribution in [0.3, 0.4) is 0 Å². The normalized spacial score (nSPS) is 26.9. The van der Waals surface area contributed by atoms with Gasteiger partial charge in [-0.2, -0.15) is 13.5 Å². The largest absolute Gasteiger partial charge is 0.444 e. The van der Waals surface area contributed by atoms with Crippen LogP contribution in [0.25, 0.3) is 0 Å². The van der Waals surface area contributed by atoms with E-state index in [9.17, 15) is 22.8 Å². The SMILES string of the molecule is CC(C)(C)OC(=O)N1CCC(ONC(=O)[C@@H]2CC[C@@H]3CN2C(=O)N3OS(=O)(=O)O)C1. The minimum absolute atomic E-state index is 0.0856. The van der Waals surface area contributed by atoms with Gasteiger partial charge >= 0.3 is 22.5 Å². The van der Waals surface area contributed by atoms with Gasteiger partial charge in [0.25, 0.3) is 5.91 Å². The highest BCUT2D eigenvalue weighted by molar-refractivity contribution is 7.80. The number of rotatable bonds is 5. The molecule has 0 saturated carbocycles. The van der Waals surface area contributed by atoms with Crippen LogP contribution in [0.15, 0.2) is 0 Å². The third-order valence-corrected chi connectivity index (χ3v) is 5.27. The summed E-state index contributed by atoms with van der Waals surface area (Å²) in [5.74, 6) is -0.564. The van der Waals surface area contributed by atoms with Gasteiger partial charge in [0, 0.05) is 13.1 Å². The van der Waals surface area contributed by atoms with Gasteiger partial charge in [0.2, 0.25) is 0 Å². The van der Waals surface area contributed by atoms with Crippen LogP contribution in [0.2, 0.25) is 0 Å². The molecule has 3 heterocycles. The van der Waals surface area contributed by atoms with E-state index in [-0.39, 0.29) is 19.5 Å². The quantitative estimate of drug-likeness (QED) is 0.436. The summed E-state index contributed by atoms with van der Waals surface area (Å²) >= 11 is 0. The number of hydroxylamine groups is 3. The summed E-state index contributed by atoms with van der Waals surface area (Å²) in [7, 11) is -4.85. The predicted molar refractivity (Wildman–Crippen MR) is 98.8 cm³/mol. The van der Waals surface area contributed by atoms with E-state index < -0.39 is 52.2 Å². The third-order valence-electron chi connectivity index (χ3n) is 4.92. The number of amides is 4. The van der Waals surface area contributed by atoms with Gasteiger partial charge in [0.1, 0.15) is 17.7 Å². The Bertz CT molecular complexity index is 812. The van der Waals surface area contributed by atoms with Gasteiger partial charge in [-0.3, -0.25) is 14.2 Å². The van der Waals surface area contributed by atoms with Gasteiger partial charge in [0.15, 0.2) is 0 Å². The first kappa shape index (κ1) is 22.5. The summed E-state index contributed by atoms with van der Waals surface area (Å²) < 4.78 is 40.3. The maximum Gasteiger partial charge on any atom is 0.418 e. The van der Waals surface area contributed by atoms with Gasteiger partial charge in [-0.15, -0.1) is 4.28 Å². The van der Waals surface area contributed by atoms with Crippen molar-refractivity contribution in [2.75, 3.05) is 19.6 Å². The second kappa shape index (κ2) is 8.17. The fraction of sp³-hybridized carbons (Fsp3) is 0.812. The molecule has 0 radical (unpaired) electrons. The lowest BCUT2D eigenvalue weighted by Gasteiger charge is -2.29. The molecular weight excluding hydrogens is 424 g/mol. The number of piperidine rings is 1. The number of carbonyl (C=O) groups is 3. The van der Waals surface area contributed by atoms with Crippen molar-refractivity contribution in [1.82, 2.24) is 20.3 Å². The molecule has 13 nitrogen and oxygen atoms in total. The van der Waals surface area contributed by atoms with E-state index in [1.165, 1.54) is 9.80 Å². The van der Waals surface area contributed by atoms with Crippen molar-refractivity contribution < 1.29 is 41.2 Å². The molecule has 3 aliphatic rings. The maximum absolute atomic E-state index is 12.5. The van der Waals surface area contributed by atoms with Crippen LogP contribution in [0, 0.1) is 0 Å². The van der Waals surface area contributed by atoms with Crippen molar-refractivity contribution in [2.45, 2.75) is 63.8 Å².